The predicted molar refractivity (Wildman–Crippen MR) is 108 cm³/mol. The SMILES string of the molecule is CCCCCn1c(=O)c2ccccc2n2c(SC(C)C(=O)N(C)C)nnc12. The highest BCUT2D eigenvalue weighted by molar-refractivity contribution is 8.00. The topological polar surface area (TPSA) is 72.5 Å². The number of unbranched alkanes of at least 4 members (excludes halogenated alkanes) is 2. The molecular weight excluding hydrogens is 362 g/mol. The van der Waals surface area contributed by atoms with E-state index < -0.39 is 0 Å². The molecule has 0 saturated carbocycles. The zero-order chi connectivity index (χ0) is 19.6. The van der Waals surface area contributed by atoms with Crippen LogP contribution in [0, 0.1) is 0 Å². The van der Waals surface area contributed by atoms with Crippen LogP contribution in [0.25, 0.3) is 16.7 Å². The van der Waals surface area contributed by atoms with E-state index in [1.807, 2.05) is 35.6 Å². The Morgan fingerprint density at radius 1 is 1.22 bits per heavy atom. The van der Waals surface area contributed by atoms with Gasteiger partial charge >= 0.3 is 0 Å². The second-order valence-electron chi connectivity index (χ2n) is 6.79. The van der Waals surface area contributed by atoms with Crippen LogP contribution in [0.2, 0.25) is 0 Å². The van der Waals surface area contributed by atoms with E-state index in [1.165, 1.54) is 11.8 Å². The normalized spacial score (nSPS) is 12.6. The van der Waals surface area contributed by atoms with E-state index in [4.69, 9.17) is 0 Å². The van der Waals surface area contributed by atoms with Gasteiger partial charge < -0.3 is 4.90 Å². The van der Waals surface area contributed by atoms with Crippen LogP contribution in [0.15, 0.2) is 34.2 Å². The molecule has 0 aliphatic heterocycles. The van der Waals surface area contributed by atoms with Crippen LogP contribution in [0.5, 0.6) is 0 Å². The summed E-state index contributed by atoms with van der Waals surface area (Å²) in [4.78, 5) is 26.8. The lowest BCUT2D eigenvalue weighted by molar-refractivity contribution is -0.127. The van der Waals surface area contributed by atoms with Gasteiger partial charge in [-0.05, 0) is 25.5 Å². The molecule has 0 aliphatic rings. The Kier molecular flexibility index (Phi) is 5.84. The Morgan fingerprint density at radius 2 is 1.96 bits per heavy atom. The van der Waals surface area contributed by atoms with E-state index >= 15 is 0 Å². The minimum atomic E-state index is -0.299. The van der Waals surface area contributed by atoms with Gasteiger partial charge in [0.1, 0.15) is 0 Å². The molecular formula is C19H25N5O2S. The summed E-state index contributed by atoms with van der Waals surface area (Å²) in [6.45, 7) is 4.59. The number of aromatic nitrogens is 4. The minimum Gasteiger partial charge on any atom is -0.348 e. The van der Waals surface area contributed by atoms with Crippen LogP contribution in [-0.4, -0.2) is 49.3 Å². The van der Waals surface area contributed by atoms with Crippen molar-refractivity contribution in [2.75, 3.05) is 14.1 Å². The molecule has 0 fully saturated rings. The molecule has 0 spiro atoms. The Bertz CT molecular complexity index is 1020. The summed E-state index contributed by atoms with van der Waals surface area (Å²) in [5, 5.41) is 9.55. The summed E-state index contributed by atoms with van der Waals surface area (Å²) in [7, 11) is 3.48. The summed E-state index contributed by atoms with van der Waals surface area (Å²) in [6.07, 6.45) is 3.04. The van der Waals surface area contributed by atoms with Crippen LogP contribution < -0.4 is 5.56 Å². The summed E-state index contributed by atoms with van der Waals surface area (Å²) in [6, 6.07) is 7.48. The van der Waals surface area contributed by atoms with Crippen LogP contribution in [0.3, 0.4) is 0 Å². The number of nitrogens with zero attached hydrogens (tertiary/aromatic N) is 5. The molecule has 2 aromatic heterocycles. The third kappa shape index (κ3) is 3.71. The zero-order valence-electron chi connectivity index (χ0n) is 16.2. The first-order valence-corrected chi connectivity index (χ1v) is 10.1. The van der Waals surface area contributed by atoms with Gasteiger partial charge in [0.25, 0.3) is 5.56 Å². The standard InChI is InChI=1S/C19H25N5O2S/c1-5-6-9-12-23-17(26)14-10-7-8-11-15(14)24-18(23)20-21-19(24)27-13(2)16(25)22(3)4/h7-8,10-11,13H,5-6,9,12H2,1-4H3. The number of rotatable bonds is 7. The summed E-state index contributed by atoms with van der Waals surface area (Å²) >= 11 is 1.36. The van der Waals surface area contributed by atoms with Crippen molar-refractivity contribution < 1.29 is 4.79 Å². The molecule has 2 heterocycles. The first-order chi connectivity index (χ1) is 13.0. The summed E-state index contributed by atoms with van der Waals surface area (Å²) in [5.41, 5.74) is 0.719. The largest absolute Gasteiger partial charge is 0.348 e. The fourth-order valence-corrected chi connectivity index (χ4v) is 4.10. The molecule has 0 aliphatic carbocycles. The lowest BCUT2D eigenvalue weighted by Crippen LogP contribution is -2.29. The molecule has 27 heavy (non-hydrogen) atoms. The molecule has 1 unspecified atom stereocenters. The molecule has 3 rings (SSSR count). The van der Waals surface area contributed by atoms with E-state index in [9.17, 15) is 9.59 Å². The van der Waals surface area contributed by atoms with Crippen molar-refractivity contribution in [1.82, 2.24) is 24.1 Å². The first-order valence-electron chi connectivity index (χ1n) is 9.20. The Hall–Kier alpha value is -2.35. The fourth-order valence-electron chi connectivity index (χ4n) is 3.10. The second kappa shape index (κ2) is 8.12. The number of carbonyl (C=O) groups is 1. The highest BCUT2D eigenvalue weighted by Gasteiger charge is 2.22. The monoisotopic (exact) mass is 387 g/mol. The number of carbonyl (C=O) groups excluding carboxylic acids is 1. The number of hydrogen-bond acceptors (Lipinski definition) is 5. The maximum Gasteiger partial charge on any atom is 0.262 e. The summed E-state index contributed by atoms with van der Waals surface area (Å²) in [5.74, 6) is 0.541. The molecule has 8 heteroatoms. The van der Waals surface area contributed by atoms with E-state index in [-0.39, 0.29) is 16.7 Å². The number of aryl methyl sites for hydroxylation is 1. The van der Waals surface area contributed by atoms with Gasteiger partial charge in [-0.1, -0.05) is 43.7 Å². The van der Waals surface area contributed by atoms with Crippen molar-refractivity contribution >= 4 is 34.3 Å². The summed E-state index contributed by atoms with van der Waals surface area (Å²) < 4.78 is 3.60. The quantitative estimate of drug-likeness (QED) is 0.460. The number of amides is 1. The van der Waals surface area contributed by atoms with Gasteiger partial charge in [0.2, 0.25) is 11.7 Å². The molecule has 0 N–H and O–H groups in total. The Balaban J connectivity index is 2.15. The lowest BCUT2D eigenvalue weighted by Gasteiger charge is -2.16. The Labute approximate surface area is 162 Å². The molecule has 144 valence electrons. The predicted octanol–water partition coefficient (Wildman–Crippen LogP) is 2.80. The van der Waals surface area contributed by atoms with Crippen molar-refractivity contribution in [1.29, 1.82) is 0 Å². The molecule has 3 aromatic rings. The maximum absolute atomic E-state index is 13.0. The molecule has 1 aromatic carbocycles. The van der Waals surface area contributed by atoms with Gasteiger partial charge in [0.15, 0.2) is 5.16 Å². The van der Waals surface area contributed by atoms with Crippen LogP contribution in [-0.2, 0) is 11.3 Å². The third-order valence-electron chi connectivity index (χ3n) is 4.53. The minimum absolute atomic E-state index is 0.0114. The molecule has 0 saturated heterocycles. The molecule has 1 amide bonds. The van der Waals surface area contributed by atoms with E-state index in [2.05, 4.69) is 17.1 Å². The zero-order valence-corrected chi connectivity index (χ0v) is 17.0. The van der Waals surface area contributed by atoms with E-state index in [1.54, 1.807) is 23.6 Å². The van der Waals surface area contributed by atoms with E-state index in [0.717, 1.165) is 24.8 Å². The number of para-hydroxylation sites is 1. The van der Waals surface area contributed by atoms with Gasteiger partial charge in [-0.3, -0.25) is 18.6 Å². The molecule has 0 radical (unpaired) electrons. The van der Waals surface area contributed by atoms with Gasteiger partial charge in [0, 0.05) is 20.6 Å². The van der Waals surface area contributed by atoms with E-state index in [0.29, 0.717) is 22.9 Å². The average Bonchev–Trinajstić information content (AvgIpc) is 3.07. The average molecular weight is 388 g/mol. The van der Waals surface area contributed by atoms with Crippen LogP contribution in [0.4, 0.5) is 0 Å². The highest BCUT2D eigenvalue weighted by atomic mass is 32.2. The lowest BCUT2D eigenvalue weighted by atomic mass is 10.2. The van der Waals surface area contributed by atoms with Crippen molar-refractivity contribution in [3.63, 3.8) is 0 Å². The second-order valence-corrected chi connectivity index (χ2v) is 8.10. The number of thioether (sulfide) groups is 1. The molecule has 7 nitrogen and oxygen atoms in total. The highest BCUT2D eigenvalue weighted by Crippen LogP contribution is 2.25. The fraction of sp³-hybridized carbons (Fsp3) is 0.474. The van der Waals surface area contributed by atoms with Crippen LogP contribution in [0.1, 0.15) is 33.1 Å². The van der Waals surface area contributed by atoms with Gasteiger partial charge in [-0.2, -0.15) is 0 Å². The molecule has 1 atom stereocenters. The number of fused-ring (bicyclic) bond motifs is 3. The van der Waals surface area contributed by atoms with Crippen molar-refractivity contribution in [3.05, 3.63) is 34.6 Å². The van der Waals surface area contributed by atoms with Crippen molar-refractivity contribution in [3.8, 4) is 0 Å². The Morgan fingerprint density at radius 3 is 2.67 bits per heavy atom. The van der Waals surface area contributed by atoms with Crippen molar-refractivity contribution in [2.45, 2.75) is 50.1 Å². The first kappa shape index (κ1) is 19.4. The van der Waals surface area contributed by atoms with Crippen LogP contribution >= 0.6 is 11.8 Å². The number of benzene rings is 1. The van der Waals surface area contributed by atoms with Gasteiger partial charge in [0.05, 0.1) is 16.2 Å². The van der Waals surface area contributed by atoms with Crippen molar-refractivity contribution in [2.24, 2.45) is 0 Å². The smallest absolute Gasteiger partial charge is 0.262 e. The number of hydrogen-bond donors (Lipinski definition) is 0. The van der Waals surface area contributed by atoms with Gasteiger partial charge in [-0.25, -0.2) is 0 Å². The third-order valence-corrected chi connectivity index (χ3v) is 5.56. The maximum atomic E-state index is 13.0. The van der Waals surface area contributed by atoms with Gasteiger partial charge in [-0.15, -0.1) is 10.2 Å². The molecule has 0 bridgehead atoms.